The minimum absolute atomic E-state index is 0.161. The lowest BCUT2D eigenvalue weighted by Crippen LogP contribution is -2.35. The molecule has 1 fully saturated rings. The Labute approximate surface area is 153 Å². The number of amidine groups is 1. The molecule has 6 heteroatoms. The summed E-state index contributed by atoms with van der Waals surface area (Å²) in [6.07, 6.45) is 4.18. The van der Waals surface area contributed by atoms with E-state index >= 15 is 0 Å². The van der Waals surface area contributed by atoms with Gasteiger partial charge in [-0.05, 0) is 61.2 Å². The number of ether oxygens (including phenoxy) is 2. The number of carbonyl (C=O) groups excluding carboxylic acids is 1. The van der Waals surface area contributed by atoms with Crippen LogP contribution in [0.3, 0.4) is 0 Å². The van der Waals surface area contributed by atoms with Crippen LogP contribution in [0.15, 0.2) is 28.1 Å². The molecule has 1 aromatic carbocycles. The van der Waals surface area contributed by atoms with Gasteiger partial charge in [-0.3, -0.25) is 4.79 Å². The van der Waals surface area contributed by atoms with Crippen molar-refractivity contribution in [1.29, 1.82) is 0 Å². The number of hydrogen-bond donors (Lipinski definition) is 0. The molecule has 0 unspecified atom stereocenters. The van der Waals surface area contributed by atoms with Crippen LogP contribution in [0.4, 0.5) is 0 Å². The second-order valence-corrected chi connectivity index (χ2v) is 7.33. The maximum absolute atomic E-state index is 12.3. The summed E-state index contributed by atoms with van der Waals surface area (Å²) in [6, 6.07) is 5.67. The van der Waals surface area contributed by atoms with Gasteiger partial charge in [0.25, 0.3) is 5.91 Å². The number of nitrogens with zero attached hydrogens (tertiary/aromatic N) is 2. The van der Waals surface area contributed by atoms with E-state index in [0.717, 1.165) is 42.6 Å². The van der Waals surface area contributed by atoms with E-state index in [1.807, 2.05) is 31.2 Å². The third-order valence-electron chi connectivity index (χ3n) is 4.45. The van der Waals surface area contributed by atoms with Crippen LogP contribution in [0.5, 0.6) is 11.5 Å². The summed E-state index contributed by atoms with van der Waals surface area (Å²) in [6.45, 7) is 6.74. The Morgan fingerprint density at radius 3 is 2.76 bits per heavy atom. The fraction of sp³-hybridized carbons (Fsp3) is 0.474. The number of aliphatic imine (C=N–C) groups is 1. The summed E-state index contributed by atoms with van der Waals surface area (Å²) >= 11 is 1.46. The van der Waals surface area contributed by atoms with E-state index in [9.17, 15) is 4.79 Å². The average molecular weight is 360 g/mol. The van der Waals surface area contributed by atoms with Gasteiger partial charge in [0.2, 0.25) is 0 Å². The molecule has 0 N–H and O–H groups in total. The summed E-state index contributed by atoms with van der Waals surface area (Å²) in [5.74, 6) is 1.96. The molecule has 0 aliphatic carbocycles. The molecule has 1 aromatic rings. The van der Waals surface area contributed by atoms with Crippen LogP contribution >= 0.6 is 11.8 Å². The number of piperidine rings is 1. The van der Waals surface area contributed by atoms with Crippen molar-refractivity contribution in [2.75, 3.05) is 26.8 Å². The van der Waals surface area contributed by atoms with Crippen molar-refractivity contribution in [3.05, 3.63) is 28.7 Å². The van der Waals surface area contributed by atoms with Crippen LogP contribution in [0.1, 0.15) is 32.3 Å². The number of benzene rings is 1. The van der Waals surface area contributed by atoms with Crippen molar-refractivity contribution in [2.24, 2.45) is 10.9 Å². The van der Waals surface area contributed by atoms with Gasteiger partial charge in [-0.15, -0.1) is 0 Å². The smallest absolute Gasteiger partial charge is 0.286 e. The Morgan fingerprint density at radius 1 is 1.32 bits per heavy atom. The van der Waals surface area contributed by atoms with Gasteiger partial charge in [-0.1, -0.05) is 13.0 Å². The molecule has 0 saturated carbocycles. The maximum Gasteiger partial charge on any atom is 0.286 e. The summed E-state index contributed by atoms with van der Waals surface area (Å²) in [7, 11) is 1.61. The Hall–Kier alpha value is -1.95. The lowest BCUT2D eigenvalue weighted by Gasteiger charge is -2.30. The van der Waals surface area contributed by atoms with E-state index in [0.29, 0.717) is 23.0 Å². The topological polar surface area (TPSA) is 51.1 Å². The van der Waals surface area contributed by atoms with Crippen molar-refractivity contribution in [2.45, 2.75) is 26.7 Å². The summed E-state index contributed by atoms with van der Waals surface area (Å²) in [5.41, 5.74) is 0.903. The van der Waals surface area contributed by atoms with Gasteiger partial charge < -0.3 is 14.4 Å². The molecule has 1 amide bonds. The summed E-state index contributed by atoms with van der Waals surface area (Å²) < 4.78 is 10.9. The number of hydrogen-bond acceptors (Lipinski definition) is 5. The van der Waals surface area contributed by atoms with Gasteiger partial charge in [0.05, 0.1) is 18.6 Å². The second kappa shape index (κ2) is 7.95. The van der Waals surface area contributed by atoms with Crippen molar-refractivity contribution in [3.8, 4) is 11.5 Å². The maximum atomic E-state index is 12.3. The van der Waals surface area contributed by atoms with Crippen LogP contribution in [-0.2, 0) is 4.79 Å². The Bertz CT molecular complexity index is 707. The molecule has 5 nitrogen and oxygen atoms in total. The van der Waals surface area contributed by atoms with Gasteiger partial charge in [-0.25, -0.2) is 0 Å². The number of amides is 1. The highest BCUT2D eigenvalue weighted by Crippen LogP contribution is 2.34. The first-order valence-electron chi connectivity index (χ1n) is 8.69. The molecule has 2 aliphatic rings. The van der Waals surface area contributed by atoms with Gasteiger partial charge in [-0.2, -0.15) is 4.99 Å². The lowest BCUT2D eigenvalue weighted by atomic mass is 10.00. The first-order valence-corrected chi connectivity index (χ1v) is 9.50. The number of methoxy groups -OCH3 is 1. The Balaban J connectivity index is 1.73. The van der Waals surface area contributed by atoms with Gasteiger partial charge in [0, 0.05) is 13.1 Å². The van der Waals surface area contributed by atoms with Crippen LogP contribution in [0, 0.1) is 5.92 Å². The Kier molecular flexibility index (Phi) is 5.68. The highest BCUT2D eigenvalue weighted by molar-refractivity contribution is 8.18. The molecule has 2 heterocycles. The normalized spacial score (nSPS) is 20.1. The van der Waals surface area contributed by atoms with Crippen molar-refractivity contribution < 1.29 is 14.3 Å². The zero-order valence-corrected chi connectivity index (χ0v) is 15.8. The second-order valence-electron chi connectivity index (χ2n) is 6.32. The monoisotopic (exact) mass is 360 g/mol. The fourth-order valence-electron chi connectivity index (χ4n) is 2.93. The zero-order chi connectivity index (χ0) is 17.8. The minimum Gasteiger partial charge on any atom is -0.493 e. The number of thioether (sulfide) groups is 1. The van der Waals surface area contributed by atoms with Gasteiger partial charge in [0.1, 0.15) is 0 Å². The van der Waals surface area contributed by atoms with Gasteiger partial charge >= 0.3 is 0 Å². The largest absolute Gasteiger partial charge is 0.493 e. The van der Waals surface area contributed by atoms with Crippen LogP contribution in [0.2, 0.25) is 0 Å². The van der Waals surface area contributed by atoms with E-state index in [1.54, 1.807) is 7.11 Å². The van der Waals surface area contributed by atoms with Crippen LogP contribution in [0.25, 0.3) is 6.08 Å². The summed E-state index contributed by atoms with van der Waals surface area (Å²) in [5, 5.41) is 0.834. The van der Waals surface area contributed by atoms with Gasteiger partial charge in [0.15, 0.2) is 16.7 Å². The molecule has 25 heavy (non-hydrogen) atoms. The molecule has 0 aromatic heterocycles. The van der Waals surface area contributed by atoms with E-state index < -0.39 is 0 Å². The first kappa shape index (κ1) is 17.9. The SMILES string of the molecule is CCOc1ccc(C=C2SC(N3CCC(C)CC3)=NC2=O)cc1OC. The molecule has 3 rings (SSSR count). The average Bonchev–Trinajstić information content (AvgIpc) is 2.97. The molecule has 0 spiro atoms. The predicted octanol–water partition coefficient (Wildman–Crippen LogP) is 3.80. The number of likely N-dealkylation sites (tertiary alicyclic amines) is 1. The molecule has 0 bridgehead atoms. The highest BCUT2D eigenvalue weighted by atomic mass is 32.2. The summed E-state index contributed by atoms with van der Waals surface area (Å²) in [4.78, 5) is 19.4. The minimum atomic E-state index is -0.161. The third-order valence-corrected chi connectivity index (χ3v) is 5.49. The van der Waals surface area contributed by atoms with Crippen LogP contribution in [-0.4, -0.2) is 42.8 Å². The molecule has 2 aliphatic heterocycles. The standard InChI is InChI=1S/C19H24N2O3S/c1-4-24-15-6-5-14(11-16(15)23-3)12-17-18(22)20-19(25-17)21-9-7-13(2)8-10-21/h5-6,11-13H,4,7-10H2,1-3H3. The van der Waals surface area contributed by atoms with E-state index in [-0.39, 0.29) is 5.91 Å². The number of rotatable bonds is 4. The molecule has 0 radical (unpaired) electrons. The van der Waals surface area contributed by atoms with Crippen molar-refractivity contribution in [3.63, 3.8) is 0 Å². The van der Waals surface area contributed by atoms with Crippen molar-refractivity contribution >= 4 is 28.9 Å². The van der Waals surface area contributed by atoms with Crippen molar-refractivity contribution in [1.82, 2.24) is 4.90 Å². The predicted molar refractivity (Wildman–Crippen MR) is 102 cm³/mol. The van der Waals surface area contributed by atoms with E-state index in [4.69, 9.17) is 9.47 Å². The first-order chi connectivity index (χ1) is 12.1. The third kappa shape index (κ3) is 4.18. The quantitative estimate of drug-likeness (QED) is 0.765. The lowest BCUT2D eigenvalue weighted by molar-refractivity contribution is -0.113. The molecular weight excluding hydrogens is 336 g/mol. The molecule has 1 saturated heterocycles. The molecule has 134 valence electrons. The van der Waals surface area contributed by atoms with E-state index in [2.05, 4.69) is 16.8 Å². The fourth-order valence-corrected chi connectivity index (χ4v) is 3.90. The van der Waals surface area contributed by atoms with Crippen LogP contribution < -0.4 is 9.47 Å². The van der Waals surface area contributed by atoms with E-state index in [1.165, 1.54) is 11.8 Å². The number of carbonyl (C=O) groups is 1. The zero-order valence-electron chi connectivity index (χ0n) is 14.9. The molecule has 0 atom stereocenters. The Morgan fingerprint density at radius 2 is 2.08 bits per heavy atom. The molecular formula is C19H24N2O3S. The highest BCUT2D eigenvalue weighted by Gasteiger charge is 2.28.